The summed E-state index contributed by atoms with van der Waals surface area (Å²) in [4.78, 5) is 0. The summed E-state index contributed by atoms with van der Waals surface area (Å²) in [5.41, 5.74) is 0. The maximum atomic E-state index is 9.41. The maximum Gasteiger partial charge on any atom is 0.0574 e. The van der Waals surface area contributed by atoms with Crippen molar-refractivity contribution in [3.05, 3.63) is 12.7 Å². The third kappa shape index (κ3) is 8.68. The van der Waals surface area contributed by atoms with Crippen molar-refractivity contribution in [2.24, 2.45) is 5.92 Å². The van der Waals surface area contributed by atoms with Crippen LogP contribution in [0.1, 0.15) is 65.2 Å². The number of hydrogen-bond donors (Lipinski definition) is 1. The summed E-state index contributed by atoms with van der Waals surface area (Å²) in [6.07, 6.45) is 12.1. The molecule has 0 rings (SSSR count). The molecule has 0 amide bonds. The Bertz CT molecular complexity index is 140. The van der Waals surface area contributed by atoms with Crippen molar-refractivity contribution in [3.8, 4) is 0 Å². The summed E-state index contributed by atoms with van der Waals surface area (Å²) in [5, 5.41) is 9.41. The van der Waals surface area contributed by atoms with E-state index in [1.165, 1.54) is 44.9 Å². The van der Waals surface area contributed by atoms with Crippen LogP contribution in [0.15, 0.2) is 12.7 Å². The molecule has 0 aliphatic rings. The summed E-state index contributed by atoms with van der Waals surface area (Å²) in [6.45, 7) is 7.86. The van der Waals surface area contributed by atoms with Gasteiger partial charge in [0.15, 0.2) is 0 Å². The van der Waals surface area contributed by atoms with E-state index in [0.29, 0.717) is 5.92 Å². The largest absolute Gasteiger partial charge is 0.393 e. The van der Waals surface area contributed by atoms with E-state index in [4.69, 9.17) is 0 Å². The van der Waals surface area contributed by atoms with Crippen molar-refractivity contribution in [2.45, 2.75) is 71.3 Å². The molecule has 0 aliphatic carbocycles. The van der Waals surface area contributed by atoms with Crippen LogP contribution >= 0.6 is 0 Å². The van der Waals surface area contributed by atoms with E-state index >= 15 is 0 Å². The predicted molar refractivity (Wildman–Crippen MR) is 68.0 cm³/mol. The topological polar surface area (TPSA) is 20.2 Å². The SMILES string of the molecule is C=CC(CCCCCCCCC)C(C)O. The Labute approximate surface area is 95.6 Å². The second-order valence-corrected chi connectivity index (χ2v) is 4.55. The van der Waals surface area contributed by atoms with Crippen molar-refractivity contribution in [1.29, 1.82) is 0 Å². The molecular formula is C14H28O. The Balaban J connectivity index is 3.25. The monoisotopic (exact) mass is 212 g/mol. The third-order valence-electron chi connectivity index (χ3n) is 3.06. The number of aliphatic hydroxyl groups is 1. The number of rotatable bonds is 10. The van der Waals surface area contributed by atoms with Crippen LogP contribution in [0.4, 0.5) is 0 Å². The van der Waals surface area contributed by atoms with E-state index in [-0.39, 0.29) is 6.10 Å². The van der Waals surface area contributed by atoms with E-state index in [1.807, 2.05) is 13.0 Å². The number of aliphatic hydroxyl groups excluding tert-OH is 1. The lowest BCUT2D eigenvalue weighted by molar-refractivity contribution is 0.142. The third-order valence-corrected chi connectivity index (χ3v) is 3.06. The van der Waals surface area contributed by atoms with E-state index in [2.05, 4.69) is 13.5 Å². The molecule has 1 nitrogen and oxygen atoms in total. The molecule has 2 unspecified atom stereocenters. The molecule has 0 saturated heterocycles. The first-order valence-electron chi connectivity index (χ1n) is 6.53. The first-order chi connectivity index (χ1) is 7.22. The Morgan fingerprint density at radius 2 is 1.60 bits per heavy atom. The highest BCUT2D eigenvalue weighted by Crippen LogP contribution is 2.16. The molecule has 0 aromatic heterocycles. The van der Waals surface area contributed by atoms with Crippen LogP contribution < -0.4 is 0 Å². The minimum absolute atomic E-state index is 0.234. The molecule has 0 fully saturated rings. The molecule has 90 valence electrons. The molecule has 2 atom stereocenters. The predicted octanol–water partition coefficient (Wildman–Crippen LogP) is 4.31. The first-order valence-corrected chi connectivity index (χ1v) is 6.53. The number of unbranched alkanes of at least 4 members (excludes halogenated alkanes) is 6. The van der Waals surface area contributed by atoms with Crippen LogP contribution in [0.2, 0.25) is 0 Å². The van der Waals surface area contributed by atoms with E-state index in [9.17, 15) is 5.11 Å². The van der Waals surface area contributed by atoms with Gasteiger partial charge in [-0.2, -0.15) is 0 Å². The van der Waals surface area contributed by atoms with Crippen LogP contribution in [0.25, 0.3) is 0 Å². The van der Waals surface area contributed by atoms with Gasteiger partial charge in [0.05, 0.1) is 6.10 Å². The first kappa shape index (κ1) is 14.7. The molecule has 0 saturated carbocycles. The highest BCUT2D eigenvalue weighted by Gasteiger charge is 2.09. The van der Waals surface area contributed by atoms with Gasteiger partial charge in [-0.15, -0.1) is 6.58 Å². The summed E-state index contributed by atoms with van der Waals surface area (Å²) in [5.74, 6) is 0.292. The Kier molecular flexibility index (Phi) is 10.0. The van der Waals surface area contributed by atoms with Gasteiger partial charge < -0.3 is 5.11 Å². The van der Waals surface area contributed by atoms with Gasteiger partial charge in [0.25, 0.3) is 0 Å². The van der Waals surface area contributed by atoms with Crippen LogP contribution in [-0.4, -0.2) is 11.2 Å². The Morgan fingerprint density at radius 1 is 1.07 bits per heavy atom. The van der Waals surface area contributed by atoms with Gasteiger partial charge in [0.1, 0.15) is 0 Å². The van der Waals surface area contributed by atoms with Crippen molar-refractivity contribution in [2.75, 3.05) is 0 Å². The second kappa shape index (κ2) is 10.2. The van der Waals surface area contributed by atoms with E-state index < -0.39 is 0 Å². The minimum atomic E-state index is -0.234. The summed E-state index contributed by atoms with van der Waals surface area (Å²) in [6, 6.07) is 0. The quantitative estimate of drug-likeness (QED) is 0.422. The Hall–Kier alpha value is -0.300. The summed E-state index contributed by atoms with van der Waals surface area (Å²) >= 11 is 0. The number of hydrogen-bond acceptors (Lipinski definition) is 1. The smallest absolute Gasteiger partial charge is 0.0574 e. The van der Waals surface area contributed by atoms with Gasteiger partial charge >= 0.3 is 0 Å². The zero-order valence-electron chi connectivity index (χ0n) is 10.5. The standard InChI is InChI=1S/C14H28O/c1-4-6-7-8-9-10-11-12-14(5-2)13(3)15/h5,13-15H,2,4,6-12H2,1,3H3. The van der Waals surface area contributed by atoms with Gasteiger partial charge in [0.2, 0.25) is 0 Å². The molecule has 1 heteroatoms. The van der Waals surface area contributed by atoms with Crippen LogP contribution in [0.3, 0.4) is 0 Å². The molecule has 0 aliphatic heterocycles. The van der Waals surface area contributed by atoms with Crippen LogP contribution in [0.5, 0.6) is 0 Å². The second-order valence-electron chi connectivity index (χ2n) is 4.55. The molecule has 0 spiro atoms. The van der Waals surface area contributed by atoms with Gasteiger partial charge in [0, 0.05) is 5.92 Å². The summed E-state index contributed by atoms with van der Waals surface area (Å²) < 4.78 is 0. The highest BCUT2D eigenvalue weighted by molar-refractivity contribution is 4.82. The van der Waals surface area contributed by atoms with Gasteiger partial charge in [-0.05, 0) is 13.3 Å². The molecule has 0 heterocycles. The summed E-state index contributed by atoms with van der Waals surface area (Å²) in [7, 11) is 0. The molecule has 0 aromatic carbocycles. The molecule has 15 heavy (non-hydrogen) atoms. The Morgan fingerprint density at radius 3 is 2.07 bits per heavy atom. The van der Waals surface area contributed by atoms with E-state index in [0.717, 1.165) is 6.42 Å². The maximum absolute atomic E-state index is 9.41. The van der Waals surface area contributed by atoms with Crippen molar-refractivity contribution in [3.63, 3.8) is 0 Å². The van der Waals surface area contributed by atoms with Crippen molar-refractivity contribution < 1.29 is 5.11 Å². The average Bonchev–Trinajstić information content (AvgIpc) is 2.21. The molecule has 0 radical (unpaired) electrons. The fourth-order valence-electron chi connectivity index (χ4n) is 1.89. The van der Waals surface area contributed by atoms with E-state index in [1.54, 1.807) is 0 Å². The normalized spacial score (nSPS) is 14.9. The fourth-order valence-corrected chi connectivity index (χ4v) is 1.89. The minimum Gasteiger partial charge on any atom is -0.393 e. The van der Waals surface area contributed by atoms with Crippen LogP contribution in [0, 0.1) is 5.92 Å². The average molecular weight is 212 g/mol. The fraction of sp³-hybridized carbons (Fsp3) is 0.857. The lowest BCUT2D eigenvalue weighted by Gasteiger charge is -2.14. The van der Waals surface area contributed by atoms with Crippen LogP contribution in [-0.2, 0) is 0 Å². The zero-order chi connectivity index (χ0) is 11.5. The molecule has 0 bridgehead atoms. The van der Waals surface area contributed by atoms with Gasteiger partial charge in [-0.25, -0.2) is 0 Å². The van der Waals surface area contributed by atoms with Gasteiger partial charge in [-0.1, -0.05) is 57.9 Å². The lowest BCUT2D eigenvalue weighted by atomic mass is 9.96. The molecule has 0 aromatic rings. The molecular weight excluding hydrogens is 184 g/mol. The molecule has 1 N–H and O–H groups in total. The van der Waals surface area contributed by atoms with Crippen molar-refractivity contribution >= 4 is 0 Å². The zero-order valence-corrected chi connectivity index (χ0v) is 10.5. The highest BCUT2D eigenvalue weighted by atomic mass is 16.3. The van der Waals surface area contributed by atoms with Gasteiger partial charge in [-0.3, -0.25) is 0 Å². The lowest BCUT2D eigenvalue weighted by Crippen LogP contribution is -2.13. The van der Waals surface area contributed by atoms with Crippen molar-refractivity contribution in [1.82, 2.24) is 0 Å².